The van der Waals surface area contributed by atoms with E-state index >= 15 is 0 Å². The van der Waals surface area contributed by atoms with Gasteiger partial charge >= 0.3 is 0 Å². The second kappa shape index (κ2) is 7.75. The van der Waals surface area contributed by atoms with E-state index in [0.29, 0.717) is 17.0 Å². The van der Waals surface area contributed by atoms with Crippen LogP contribution in [-0.2, 0) is 4.79 Å². The number of ether oxygens (including phenoxy) is 1. The first kappa shape index (κ1) is 18.7. The van der Waals surface area contributed by atoms with Gasteiger partial charge < -0.3 is 10.1 Å². The van der Waals surface area contributed by atoms with Crippen LogP contribution in [0.4, 0.5) is 5.69 Å². The van der Waals surface area contributed by atoms with Gasteiger partial charge in [0.2, 0.25) is 0 Å². The molecule has 0 unspecified atom stereocenters. The maximum absolute atomic E-state index is 12.4. The number of carbonyl (C=O) groups is 1. The number of aromatic nitrogens is 3. The molecular formula is C23H22N4O2. The van der Waals surface area contributed by atoms with E-state index in [1.54, 1.807) is 4.80 Å². The minimum Gasteiger partial charge on any atom is -0.484 e. The van der Waals surface area contributed by atoms with Crippen molar-refractivity contribution in [3.8, 4) is 11.4 Å². The molecule has 0 spiro atoms. The van der Waals surface area contributed by atoms with Gasteiger partial charge in [-0.25, -0.2) is 0 Å². The lowest BCUT2D eigenvalue weighted by molar-refractivity contribution is -0.118. The smallest absolute Gasteiger partial charge is 0.262 e. The molecule has 0 aliphatic carbocycles. The van der Waals surface area contributed by atoms with E-state index in [2.05, 4.69) is 21.6 Å². The van der Waals surface area contributed by atoms with Crippen molar-refractivity contribution in [3.63, 3.8) is 0 Å². The number of amides is 1. The Kier molecular flexibility index (Phi) is 4.99. The normalized spacial score (nSPS) is 10.9. The molecule has 0 saturated carbocycles. The van der Waals surface area contributed by atoms with Crippen LogP contribution in [0.25, 0.3) is 16.7 Å². The second-order valence-electron chi connectivity index (χ2n) is 7.14. The Morgan fingerprint density at radius 2 is 1.59 bits per heavy atom. The van der Waals surface area contributed by atoms with E-state index in [1.807, 2.05) is 75.4 Å². The van der Waals surface area contributed by atoms with Crippen molar-refractivity contribution in [2.45, 2.75) is 20.8 Å². The molecule has 0 atom stereocenters. The number of nitrogens with zero attached hydrogens (tertiary/aromatic N) is 3. The fraction of sp³-hybridized carbons (Fsp3) is 0.174. The molecule has 146 valence electrons. The molecule has 6 nitrogen and oxygen atoms in total. The number of benzene rings is 3. The number of anilines is 1. The van der Waals surface area contributed by atoms with Gasteiger partial charge in [-0.2, -0.15) is 4.80 Å². The summed E-state index contributed by atoms with van der Waals surface area (Å²) in [5.74, 6) is 0.470. The van der Waals surface area contributed by atoms with Crippen LogP contribution >= 0.6 is 0 Å². The van der Waals surface area contributed by atoms with E-state index in [0.717, 1.165) is 27.9 Å². The fourth-order valence-corrected chi connectivity index (χ4v) is 3.23. The van der Waals surface area contributed by atoms with Gasteiger partial charge in [0.1, 0.15) is 16.8 Å². The van der Waals surface area contributed by atoms with Crippen molar-refractivity contribution in [3.05, 3.63) is 77.4 Å². The molecule has 0 bridgehead atoms. The predicted molar refractivity (Wildman–Crippen MR) is 114 cm³/mol. The highest BCUT2D eigenvalue weighted by atomic mass is 16.5. The number of hydrogen-bond acceptors (Lipinski definition) is 4. The minimum atomic E-state index is -0.220. The van der Waals surface area contributed by atoms with Gasteiger partial charge in [0.05, 0.1) is 5.69 Å². The summed E-state index contributed by atoms with van der Waals surface area (Å²) in [4.78, 5) is 14.0. The maximum atomic E-state index is 12.4. The molecule has 0 saturated heterocycles. The van der Waals surface area contributed by atoms with Crippen molar-refractivity contribution >= 4 is 22.6 Å². The van der Waals surface area contributed by atoms with Crippen LogP contribution in [0.1, 0.15) is 16.7 Å². The molecule has 0 aliphatic heterocycles. The van der Waals surface area contributed by atoms with Crippen LogP contribution in [0.3, 0.4) is 0 Å². The molecule has 0 fully saturated rings. The van der Waals surface area contributed by atoms with Crippen LogP contribution in [0.5, 0.6) is 5.75 Å². The van der Waals surface area contributed by atoms with E-state index in [4.69, 9.17) is 4.74 Å². The van der Waals surface area contributed by atoms with Gasteiger partial charge in [-0.15, -0.1) is 10.2 Å². The first-order valence-electron chi connectivity index (χ1n) is 9.42. The Labute approximate surface area is 169 Å². The summed E-state index contributed by atoms with van der Waals surface area (Å²) in [6, 6.07) is 19.4. The third kappa shape index (κ3) is 4.27. The summed E-state index contributed by atoms with van der Waals surface area (Å²) in [5, 5.41) is 12.0. The SMILES string of the molecule is Cc1cc(C)cc(OCC(=O)Nc2cc3nn(-c4ccccc4)nc3cc2C)c1. The van der Waals surface area contributed by atoms with Crippen LogP contribution in [0.15, 0.2) is 60.7 Å². The zero-order valence-electron chi connectivity index (χ0n) is 16.6. The largest absolute Gasteiger partial charge is 0.484 e. The second-order valence-corrected chi connectivity index (χ2v) is 7.14. The highest BCUT2D eigenvalue weighted by molar-refractivity contribution is 5.95. The number of hydrogen-bond donors (Lipinski definition) is 1. The van der Waals surface area contributed by atoms with Crippen molar-refractivity contribution in [2.75, 3.05) is 11.9 Å². The van der Waals surface area contributed by atoms with E-state index < -0.39 is 0 Å². The quantitative estimate of drug-likeness (QED) is 0.553. The van der Waals surface area contributed by atoms with Crippen LogP contribution < -0.4 is 10.1 Å². The molecule has 1 amide bonds. The number of carbonyl (C=O) groups excluding carboxylic acids is 1. The Hall–Kier alpha value is -3.67. The predicted octanol–water partition coefficient (Wildman–Crippen LogP) is 4.36. The monoisotopic (exact) mass is 386 g/mol. The zero-order chi connectivity index (χ0) is 20.4. The molecule has 0 aliphatic rings. The lowest BCUT2D eigenvalue weighted by Gasteiger charge is -2.10. The molecule has 4 rings (SSSR count). The van der Waals surface area contributed by atoms with E-state index in [-0.39, 0.29) is 12.5 Å². The lowest BCUT2D eigenvalue weighted by Crippen LogP contribution is -2.20. The van der Waals surface area contributed by atoms with Gasteiger partial charge in [-0.1, -0.05) is 24.3 Å². The fourth-order valence-electron chi connectivity index (χ4n) is 3.23. The molecule has 0 radical (unpaired) electrons. The topological polar surface area (TPSA) is 69.0 Å². The first-order chi connectivity index (χ1) is 14.0. The van der Waals surface area contributed by atoms with Gasteiger partial charge in [-0.05, 0) is 73.9 Å². The summed E-state index contributed by atoms with van der Waals surface area (Å²) >= 11 is 0. The number of para-hydroxylation sites is 1. The summed E-state index contributed by atoms with van der Waals surface area (Å²) in [5.41, 5.74) is 6.19. The number of rotatable bonds is 5. The Morgan fingerprint density at radius 3 is 2.28 bits per heavy atom. The highest BCUT2D eigenvalue weighted by Crippen LogP contribution is 2.22. The molecule has 1 N–H and O–H groups in total. The molecule has 1 aromatic heterocycles. The Bertz CT molecular complexity index is 1160. The van der Waals surface area contributed by atoms with Gasteiger partial charge in [0.15, 0.2) is 6.61 Å². The number of aryl methyl sites for hydroxylation is 3. The average molecular weight is 386 g/mol. The summed E-state index contributed by atoms with van der Waals surface area (Å²) in [6.45, 7) is 5.88. The van der Waals surface area contributed by atoms with Crippen molar-refractivity contribution in [1.82, 2.24) is 15.0 Å². The Morgan fingerprint density at radius 1 is 0.931 bits per heavy atom. The lowest BCUT2D eigenvalue weighted by atomic mass is 10.1. The van der Waals surface area contributed by atoms with Crippen LogP contribution in [0, 0.1) is 20.8 Å². The van der Waals surface area contributed by atoms with Crippen molar-refractivity contribution in [1.29, 1.82) is 0 Å². The minimum absolute atomic E-state index is 0.0585. The average Bonchev–Trinajstić information content (AvgIpc) is 3.09. The standard InChI is InChI=1S/C23H22N4O2/c1-15-9-16(2)11-19(10-15)29-14-23(28)24-20-13-22-21(12-17(20)3)25-27(26-22)18-7-5-4-6-8-18/h4-13H,14H2,1-3H3,(H,24,28). The molecular weight excluding hydrogens is 364 g/mol. The molecule has 3 aromatic carbocycles. The maximum Gasteiger partial charge on any atom is 0.262 e. The molecule has 1 heterocycles. The molecule has 29 heavy (non-hydrogen) atoms. The number of fused-ring (bicyclic) bond motifs is 1. The zero-order valence-corrected chi connectivity index (χ0v) is 16.6. The van der Waals surface area contributed by atoms with Gasteiger partial charge in [0.25, 0.3) is 5.91 Å². The van der Waals surface area contributed by atoms with Gasteiger partial charge in [-0.3, -0.25) is 4.79 Å². The van der Waals surface area contributed by atoms with Crippen LogP contribution in [-0.4, -0.2) is 27.5 Å². The van der Waals surface area contributed by atoms with Crippen molar-refractivity contribution in [2.24, 2.45) is 0 Å². The summed E-state index contributed by atoms with van der Waals surface area (Å²) in [6.07, 6.45) is 0. The summed E-state index contributed by atoms with van der Waals surface area (Å²) in [7, 11) is 0. The Balaban J connectivity index is 1.49. The van der Waals surface area contributed by atoms with E-state index in [9.17, 15) is 4.79 Å². The highest BCUT2D eigenvalue weighted by Gasteiger charge is 2.11. The number of nitrogens with one attached hydrogen (secondary N) is 1. The van der Waals surface area contributed by atoms with Crippen molar-refractivity contribution < 1.29 is 9.53 Å². The third-order valence-electron chi connectivity index (χ3n) is 4.55. The molecule has 4 aromatic rings. The summed E-state index contributed by atoms with van der Waals surface area (Å²) < 4.78 is 5.65. The third-order valence-corrected chi connectivity index (χ3v) is 4.55. The van der Waals surface area contributed by atoms with Gasteiger partial charge in [0, 0.05) is 5.69 Å². The molecule has 6 heteroatoms. The van der Waals surface area contributed by atoms with Crippen LogP contribution in [0.2, 0.25) is 0 Å². The van der Waals surface area contributed by atoms with E-state index in [1.165, 1.54) is 0 Å². The first-order valence-corrected chi connectivity index (χ1v) is 9.42.